The van der Waals surface area contributed by atoms with Gasteiger partial charge < -0.3 is 10.6 Å². The lowest BCUT2D eigenvalue weighted by molar-refractivity contribution is 0.0709. The monoisotopic (exact) mass is 360 g/mol. The Morgan fingerprint density at radius 3 is 2.58 bits per heavy atom. The number of hydrogen-bond donors (Lipinski definition) is 1. The summed E-state index contributed by atoms with van der Waals surface area (Å²) >= 11 is 14.3. The predicted octanol–water partition coefficient (Wildman–Crippen LogP) is 3.24. The van der Waals surface area contributed by atoms with E-state index in [4.69, 9.17) is 29.6 Å². The van der Waals surface area contributed by atoms with Gasteiger partial charge in [-0.25, -0.2) is 0 Å². The molecular formula is C13H14BrClN2OS. The molecule has 0 aromatic heterocycles. The van der Waals surface area contributed by atoms with Gasteiger partial charge in [-0.3, -0.25) is 4.79 Å². The molecule has 1 aromatic rings. The van der Waals surface area contributed by atoms with Crippen molar-refractivity contribution in [2.45, 2.75) is 12.8 Å². The first-order valence-corrected chi connectivity index (χ1v) is 7.60. The number of likely N-dealkylation sites (tertiary alicyclic amines) is 1. The van der Waals surface area contributed by atoms with Crippen molar-refractivity contribution in [1.82, 2.24) is 4.90 Å². The first kappa shape index (κ1) is 14.8. The van der Waals surface area contributed by atoms with Crippen molar-refractivity contribution in [1.29, 1.82) is 0 Å². The lowest BCUT2D eigenvalue weighted by atomic mass is 9.96. The molecule has 0 bridgehead atoms. The molecule has 1 aliphatic heterocycles. The third kappa shape index (κ3) is 3.46. The van der Waals surface area contributed by atoms with Crippen LogP contribution in [0.25, 0.3) is 0 Å². The Morgan fingerprint density at radius 2 is 2.05 bits per heavy atom. The summed E-state index contributed by atoms with van der Waals surface area (Å²) in [5.41, 5.74) is 6.28. The van der Waals surface area contributed by atoms with Crippen molar-refractivity contribution < 1.29 is 4.79 Å². The van der Waals surface area contributed by atoms with E-state index in [9.17, 15) is 4.79 Å². The Morgan fingerprint density at radius 1 is 1.42 bits per heavy atom. The number of benzene rings is 1. The number of nitrogens with zero attached hydrogens (tertiary/aromatic N) is 1. The second-order valence-electron chi connectivity index (χ2n) is 4.59. The van der Waals surface area contributed by atoms with Gasteiger partial charge in [-0.1, -0.05) is 23.8 Å². The minimum atomic E-state index is 0.0185. The average molecular weight is 362 g/mol. The summed E-state index contributed by atoms with van der Waals surface area (Å²) in [4.78, 5) is 14.8. The molecule has 0 atom stereocenters. The third-order valence-corrected chi connectivity index (χ3v) is 4.57. The molecule has 0 saturated carbocycles. The van der Waals surface area contributed by atoms with E-state index in [2.05, 4.69) is 15.9 Å². The van der Waals surface area contributed by atoms with Crippen LogP contribution in [0.3, 0.4) is 0 Å². The Labute approximate surface area is 131 Å². The number of thiocarbonyl (C=S) groups is 1. The largest absolute Gasteiger partial charge is 0.393 e. The molecule has 1 fully saturated rings. The van der Waals surface area contributed by atoms with Crippen LogP contribution in [-0.4, -0.2) is 28.9 Å². The highest BCUT2D eigenvalue weighted by Crippen LogP contribution is 2.25. The molecule has 1 aliphatic rings. The fourth-order valence-electron chi connectivity index (χ4n) is 2.20. The van der Waals surface area contributed by atoms with Gasteiger partial charge in [0.1, 0.15) is 0 Å². The second-order valence-corrected chi connectivity index (χ2v) is 6.36. The molecule has 1 aromatic carbocycles. The molecule has 0 spiro atoms. The van der Waals surface area contributed by atoms with E-state index in [0.717, 1.165) is 17.3 Å². The summed E-state index contributed by atoms with van der Waals surface area (Å²) in [6, 6.07) is 5.20. The van der Waals surface area contributed by atoms with Crippen LogP contribution in [0.1, 0.15) is 23.2 Å². The smallest absolute Gasteiger partial charge is 0.254 e. The first-order valence-electron chi connectivity index (χ1n) is 6.02. The third-order valence-electron chi connectivity index (χ3n) is 3.35. The SMILES string of the molecule is NC(=S)C1CCN(C(=O)c2ccc(Cl)cc2Br)CC1. The van der Waals surface area contributed by atoms with Crippen molar-refractivity contribution in [3.63, 3.8) is 0 Å². The highest BCUT2D eigenvalue weighted by Gasteiger charge is 2.25. The average Bonchev–Trinajstić information content (AvgIpc) is 2.38. The molecule has 6 heteroatoms. The standard InChI is InChI=1S/C13H14BrClN2OS/c14-11-7-9(15)1-2-10(11)13(18)17-5-3-8(4-6-17)12(16)19/h1-2,7-8H,3-6H2,(H2,16,19). The number of carbonyl (C=O) groups excluding carboxylic acids is 1. The van der Waals surface area contributed by atoms with Gasteiger partial charge in [0, 0.05) is 28.5 Å². The van der Waals surface area contributed by atoms with Crippen LogP contribution < -0.4 is 5.73 Å². The maximum absolute atomic E-state index is 12.4. The van der Waals surface area contributed by atoms with E-state index < -0.39 is 0 Å². The van der Waals surface area contributed by atoms with E-state index in [1.165, 1.54) is 0 Å². The number of nitrogens with two attached hydrogens (primary N) is 1. The molecule has 1 heterocycles. The predicted molar refractivity (Wildman–Crippen MR) is 84.6 cm³/mol. The van der Waals surface area contributed by atoms with Crippen molar-refractivity contribution in [2.24, 2.45) is 11.7 Å². The maximum atomic E-state index is 12.4. The summed E-state index contributed by atoms with van der Waals surface area (Å²) in [5, 5.41) is 0.607. The van der Waals surface area contributed by atoms with Crippen molar-refractivity contribution in [2.75, 3.05) is 13.1 Å². The van der Waals surface area contributed by atoms with Crippen molar-refractivity contribution >= 4 is 50.6 Å². The van der Waals surface area contributed by atoms with E-state index in [0.29, 0.717) is 28.7 Å². The van der Waals surface area contributed by atoms with Crippen LogP contribution in [0.15, 0.2) is 22.7 Å². The molecular weight excluding hydrogens is 348 g/mol. The van der Waals surface area contributed by atoms with Crippen molar-refractivity contribution in [3.05, 3.63) is 33.3 Å². The van der Waals surface area contributed by atoms with Gasteiger partial charge >= 0.3 is 0 Å². The van der Waals surface area contributed by atoms with Crippen LogP contribution >= 0.6 is 39.7 Å². The number of carbonyl (C=O) groups is 1. The Bertz CT molecular complexity index is 515. The fourth-order valence-corrected chi connectivity index (χ4v) is 3.29. The molecule has 2 N–H and O–H groups in total. The van der Waals surface area contributed by atoms with Crippen LogP contribution in [-0.2, 0) is 0 Å². The van der Waals surface area contributed by atoms with Gasteiger partial charge in [0.15, 0.2) is 0 Å². The van der Waals surface area contributed by atoms with Gasteiger partial charge in [-0.05, 0) is 47.0 Å². The molecule has 0 radical (unpaired) electrons. The molecule has 1 amide bonds. The molecule has 0 unspecified atom stereocenters. The highest BCUT2D eigenvalue weighted by atomic mass is 79.9. The zero-order chi connectivity index (χ0) is 14.0. The van der Waals surface area contributed by atoms with Gasteiger partial charge in [0.25, 0.3) is 5.91 Å². The van der Waals surface area contributed by atoms with Crippen LogP contribution in [0.4, 0.5) is 0 Å². The fraction of sp³-hybridized carbons (Fsp3) is 0.385. The molecule has 1 saturated heterocycles. The number of amides is 1. The number of piperidine rings is 1. The number of halogens is 2. The summed E-state index contributed by atoms with van der Waals surface area (Å²) in [6.45, 7) is 1.38. The van der Waals surface area contributed by atoms with Crippen LogP contribution in [0, 0.1) is 5.92 Å². The summed E-state index contributed by atoms with van der Waals surface area (Å²) < 4.78 is 0.724. The molecule has 19 heavy (non-hydrogen) atoms. The van der Waals surface area contributed by atoms with Gasteiger partial charge in [-0.2, -0.15) is 0 Å². The first-order chi connectivity index (χ1) is 8.99. The summed E-state index contributed by atoms with van der Waals surface area (Å²) in [7, 11) is 0. The Hall–Kier alpha value is -0.650. The van der Waals surface area contributed by atoms with E-state index in [1.54, 1.807) is 18.2 Å². The quantitative estimate of drug-likeness (QED) is 0.823. The minimum absolute atomic E-state index is 0.0185. The zero-order valence-corrected chi connectivity index (χ0v) is 13.4. The number of hydrogen-bond acceptors (Lipinski definition) is 2. The highest BCUT2D eigenvalue weighted by molar-refractivity contribution is 9.10. The molecule has 102 valence electrons. The van der Waals surface area contributed by atoms with E-state index >= 15 is 0 Å². The van der Waals surface area contributed by atoms with Crippen LogP contribution in [0.2, 0.25) is 5.02 Å². The second kappa shape index (κ2) is 6.20. The summed E-state index contributed by atoms with van der Waals surface area (Å²) in [5.74, 6) is 0.276. The lowest BCUT2D eigenvalue weighted by Gasteiger charge is -2.31. The normalized spacial score (nSPS) is 16.4. The minimum Gasteiger partial charge on any atom is -0.393 e. The zero-order valence-electron chi connectivity index (χ0n) is 10.2. The van der Waals surface area contributed by atoms with Gasteiger partial charge in [0.05, 0.1) is 10.6 Å². The molecule has 3 nitrogen and oxygen atoms in total. The van der Waals surface area contributed by atoms with Gasteiger partial charge in [-0.15, -0.1) is 0 Å². The summed E-state index contributed by atoms with van der Waals surface area (Å²) in [6.07, 6.45) is 1.68. The van der Waals surface area contributed by atoms with Crippen molar-refractivity contribution in [3.8, 4) is 0 Å². The van der Waals surface area contributed by atoms with E-state index in [1.807, 2.05) is 4.90 Å². The lowest BCUT2D eigenvalue weighted by Crippen LogP contribution is -2.41. The van der Waals surface area contributed by atoms with E-state index in [-0.39, 0.29) is 11.8 Å². The maximum Gasteiger partial charge on any atom is 0.254 e. The number of rotatable bonds is 2. The van der Waals surface area contributed by atoms with Gasteiger partial charge in [0.2, 0.25) is 0 Å². The Kier molecular flexibility index (Phi) is 4.81. The topological polar surface area (TPSA) is 46.3 Å². The van der Waals surface area contributed by atoms with Crippen LogP contribution in [0.5, 0.6) is 0 Å². The molecule has 2 rings (SSSR count). The molecule has 0 aliphatic carbocycles. The Balaban J connectivity index is 2.07.